The maximum absolute atomic E-state index is 14.5. The van der Waals surface area contributed by atoms with E-state index in [4.69, 9.17) is 14.6 Å². The number of nitrogens with one attached hydrogen (secondary N) is 2. The average molecular weight is 583 g/mol. The summed E-state index contributed by atoms with van der Waals surface area (Å²) < 4.78 is 79.8. The first-order chi connectivity index (χ1) is 19.4. The summed E-state index contributed by atoms with van der Waals surface area (Å²) in [5, 5.41) is 20.3. The summed E-state index contributed by atoms with van der Waals surface area (Å²) in [6.07, 6.45) is -1.69. The Bertz CT molecular complexity index is 1470. The summed E-state index contributed by atoms with van der Waals surface area (Å²) in [5.41, 5.74) is 0.538. The molecule has 0 saturated heterocycles. The van der Waals surface area contributed by atoms with Crippen molar-refractivity contribution in [3.63, 3.8) is 0 Å². The van der Waals surface area contributed by atoms with Gasteiger partial charge in [-0.3, -0.25) is 4.79 Å². The van der Waals surface area contributed by atoms with E-state index in [1.807, 2.05) is 18.2 Å². The highest BCUT2D eigenvalue weighted by Crippen LogP contribution is 2.37. The van der Waals surface area contributed by atoms with Crippen molar-refractivity contribution in [2.24, 2.45) is 0 Å². The van der Waals surface area contributed by atoms with Crippen LogP contribution in [-0.2, 0) is 9.59 Å². The lowest BCUT2D eigenvalue weighted by Gasteiger charge is -2.17. The number of aromatic nitrogens is 2. The number of rotatable bonds is 10. The number of alkyl halides is 3. The van der Waals surface area contributed by atoms with Crippen molar-refractivity contribution in [3.8, 4) is 5.75 Å². The molecule has 0 aliphatic rings. The third-order valence-corrected chi connectivity index (χ3v) is 5.64. The van der Waals surface area contributed by atoms with Crippen molar-refractivity contribution < 1.29 is 50.9 Å². The minimum absolute atomic E-state index is 0.396. The molecule has 4 rings (SSSR count). The van der Waals surface area contributed by atoms with Crippen LogP contribution in [0.2, 0.25) is 0 Å². The molecule has 0 aliphatic carbocycles. The van der Waals surface area contributed by atoms with Crippen molar-refractivity contribution in [3.05, 3.63) is 89.5 Å². The molecule has 2 aromatic heterocycles. The van der Waals surface area contributed by atoms with Gasteiger partial charge in [0.05, 0.1) is 13.0 Å². The predicted octanol–water partition coefficient (Wildman–Crippen LogP) is 6.10. The number of nitrogens with zero attached hydrogens (tertiary/aromatic N) is 1. The Labute approximate surface area is 228 Å². The van der Waals surface area contributed by atoms with Crippen molar-refractivity contribution in [1.29, 1.82) is 0 Å². The van der Waals surface area contributed by atoms with E-state index in [0.29, 0.717) is 47.5 Å². The lowest BCUT2D eigenvalue weighted by atomic mass is 9.87. The maximum atomic E-state index is 14.5. The molecule has 41 heavy (non-hydrogen) atoms. The van der Waals surface area contributed by atoms with E-state index < -0.39 is 53.5 Å². The Hall–Kier alpha value is -4.75. The number of carboxylic acids is 2. The van der Waals surface area contributed by atoms with Crippen LogP contribution in [0, 0.1) is 17.5 Å². The molecule has 218 valence electrons. The highest BCUT2D eigenvalue weighted by atomic mass is 19.4. The van der Waals surface area contributed by atoms with Gasteiger partial charge in [0, 0.05) is 59.5 Å². The molecule has 4 N–H and O–H groups in total. The summed E-state index contributed by atoms with van der Waals surface area (Å²) in [6.45, 7) is 1.13. The minimum atomic E-state index is -5.08. The zero-order valence-corrected chi connectivity index (χ0v) is 21.0. The first-order valence-corrected chi connectivity index (χ1v) is 11.9. The molecule has 4 aromatic rings. The number of hydrogen-bond donors (Lipinski definition) is 4. The number of aliphatic carboxylic acids is 2. The molecular formula is C27H23F6N3O5. The Morgan fingerprint density at radius 1 is 1.02 bits per heavy atom. The number of fused-ring (bicyclic) bond motifs is 1. The molecule has 0 saturated carbocycles. The molecule has 2 aromatic carbocycles. The van der Waals surface area contributed by atoms with Crippen molar-refractivity contribution >= 4 is 28.7 Å². The number of ether oxygens (including phenoxy) is 1. The molecule has 0 bridgehead atoms. The topological polar surface area (TPSA) is 125 Å². The zero-order valence-electron chi connectivity index (χ0n) is 21.0. The second-order valence-corrected chi connectivity index (χ2v) is 8.53. The number of carboxylic acid groups (broad SMARTS) is 2. The Morgan fingerprint density at radius 2 is 1.71 bits per heavy atom. The normalized spacial score (nSPS) is 11.9. The van der Waals surface area contributed by atoms with Crippen molar-refractivity contribution in [1.82, 2.24) is 9.97 Å². The van der Waals surface area contributed by atoms with Gasteiger partial charge in [0.15, 0.2) is 0 Å². The van der Waals surface area contributed by atoms with Crippen LogP contribution in [0.15, 0.2) is 60.9 Å². The molecule has 8 nitrogen and oxygen atoms in total. The van der Waals surface area contributed by atoms with Gasteiger partial charge in [-0.15, -0.1) is 0 Å². The second-order valence-electron chi connectivity index (χ2n) is 8.53. The van der Waals surface area contributed by atoms with Gasteiger partial charge in [-0.25, -0.2) is 22.9 Å². The van der Waals surface area contributed by atoms with Gasteiger partial charge in [-0.1, -0.05) is 6.07 Å². The smallest absolute Gasteiger partial charge is 0.490 e. The van der Waals surface area contributed by atoms with E-state index in [9.17, 15) is 36.2 Å². The van der Waals surface area contributed by atoms with Crippen molar-refractivity contribution in [2.75, 3.05) is 18.5 Å². The zero-order chi connectivity index (χ0) is 30.2. The van der Waals surface area contributed by atoms with Gasteiger partial charge in [-0.05, 0) is 36.2 Å². The van der Waals surface area contributed by atoms with Crippen LogP contribution in [0.3, 0.4) is 0 Å². The van der Waals surface area contributed by atoms with E-state index in [2.05, 4.69) is 15.3 Å². The number of pyridine rings is 1. The molecule has 1 unspecified atom stereocenters. The lowest BCUT2D eigenvalue weighted by Crippen LogP contribution is -2.21. The first kappa shape index (κ1) is 30.8. The summed E-state index contributed by atoms with van der Waals surface area (Å²) >= 11 is 0. The maximum Gasteiger partial charge on any atom is 0.490 e. The molecule has 0 spiro atoms. The van der Waals surface area contributed by atoms with Crippen LogP contribution in [-0.4, -0.2) is 51.4 Å². The molecule has 0 fully saturated rings. The van der Waals surface area contributed by atoms with Gasteiger partial charge in [-0.2, -0.15) is 13.2 Å². The molecule has 0 aliphatic heterocycles. The standard InChI is InChI=1S/C25H22F3N3O3.C2HF3O2/c26-15-10-20(27)25(21(28)11-15)18(13-24(32)33)19-14-31-22-12-16(5-6-17(19)22)34-9-3-8-30-23-4-1-2-7-29-23;3-2(4,5)1(6)7/h1-2,4-7,10-12,14,18,31H,3,8-9,13H2,(H,29,30)(H,32,33);(H,6,7). The van der Waals surface area contributed by atoms with E-state index in [1.54, 1.807) is 24.4 Å². The average Bonchev–Trinajstić information content (AvgIpc) is 3.31. The molecule has 0 radical (unpaired) electrons. The van der Waals surface area contributed by atoms with E-state index in [-0.39, 0.29) is 0 Å². The Morgan fingerprint density at radius 3 is 2.29 bits per heavy atom. The van der Waals surface area contributed by atoms with Gasteiger partial charge >= 0.3 is 18.1 Å². The second kappa shape index (κ2) is 13.5. The predicted molar refractivity (Wildman–Crippen MR) is 135 cm³/mol. The highest BCUT2D eigenvalue weighted by Gasteiger charge is 2.38. The fraction of sp³-hybridized carbons (Fsp3) is 0.222. The largest absolute Gasteiger partial charge is 0.493 e. The van der Waals surface area contributed by atoms with Crippen molar-refractivity contribution in [2.45, 2.75) is 24.9 Å². The Kier molecular flexibility index (Phi) is 10.2. The van der Waals surface area contributed by atoms with Crippen LogP contribution in [0.4, 0.5) is 32.2 Å². The highest BCUT2D eigenvalue weighted by molar-refractivity contribution is 5.86. The quantitative estimate of drug-likeness (QED) is 0.131. The number of carbonyl (C=O) groups is 2. The third-order valence-electron chi connectivity index (χ3n) is 5.64. The summed E-state index contributed by atoms with van der Waals surface area (Å²) in [5.74, 6) is -7.08. The number of hydrogen-bond acceptors (Lipinski definition) is 5. The fourth-order valence-electron chi connectivity index (χ4n) is 3.88. The van der Waals surface area contributed by atoms with E-state index in [0.717, 1.165) is 12.2 Å². The Balaban J connectivity index is 0.000000587. The van der Waals surface area contributed by atoms with Crippen LogP contribution < -0.4 is 10.1 Å². The number of benzene rings is 2. The SMILES string of the molecule is O=C(O)C(F)(F)F.O=C(O)CC(c1c(F)cc(F)cc1F)c1c[nH]c2cc(OCCCNc3ccccn3)ccc12. The molecule has 1 atom stereocenters. The monoisotopic (exact) mass is 583 g/mol. The number of anilines is 1. The summed E-state index contributed by atoms with van der Waals surface area (Å²) in [4.78, 5) is 27.6. The van der Waals surface area contributed by atoms with E-state index >= 15 is 0 Å². The molecule has 14 heteroatoms. The third kappa shape index (κ3) is 8.62. The van der Waals surface area contributed by atoms with Gasteiger partial charge < -0.3 is 25.3 Å². The molecule has 2 heterocycles. The minimum Gasteiger partial charge on any atom is -0.493 e. The van der Waals surface area contributed by atoms with Gasteiger partial charge in [0.25, 0.3) is 0 Å². The summed E-state index contributed by atoms with van der Waals surface area (Å²) in [7, 11) is 0. The molecule has 0 amide bonds. The van der Waals surface area contributed by atoms with Crippen LogP contribution in [0.5, 0.6) is 5.75 Å². The van der Waals surface area contributed by atoms with Crippen LogP contribution in [0.1, 0.15) is 29.9 Å². The van der Waals surface area contributed by atoms with Gasteiger partial charge in [0.1, 0.15) is 29.0 Å². The first-order valence-electron chi connectivity index (χ1n) is 11.9. The summed E-state index contributed by atoms with van der Waals surface area (Å²) in [6, 6.07) is 11.9. The number of aromatic amines is 1. The molecular weight excluding hydrogens is 560 g/mol. The fourth-order valence-corrected chi connectivity index (χ4v) is 3.88. The van der Waals surface area contributed by atoms with Crippen LogP contribution >= 0.6 is 0 Å². The lowest BCUT2D eigenvalue weighted by molar-refractivity contribution is -0.192. The number of H-pyrrole nitrogens is 1. The number of halogens is 6. The van der Waals surface area contributed by atoms with Crippen LogP contribution in [0.25, 0.3) is 10.9 Å². The van der Waals surface area contributed by atoms with Gasteiger partial charge in [0.2, 0.25) is 0 Å². The van der Waals surface area contributed by atoms with E-state index in [1.165, 1.54) is 6.20 Å².